The molecule has 0 aliphatic heterocycles. The molecule has 0 atom stereocenters. The van der Waals surface area contributed by atoms with Crippen LogP contribution in [-0.4, -0.2) is 12.5 Å². The molecule has 1 heterocycles. The predicted molar refractivity (Wildman–Crippen MR) is 65.7 cm³/mol. The smallest absolute Gasteiger partial charge is 0.223 e. The average molecular weight is 229 g/mol. The number of fused-ring (bicyclic) bond motifs is 1. The summed E-state index contributed by atoms with van der Waals surface area (Å²) in [5, 5.41) is 4.11. The number of benzene rings is 1. The molecule has 1 amide bonds. The number of hydrogen-bond acceptors (Lipinski definition) is 2. The molecule has 2 aromatic rings. The Kier molecular flexibility index (Phi) is 2.59. The van der Waals surface area contributed by atoms with Crippen LogP contribution >= 0.6 is 0 Å². The van der Waals surface area contributed by atoms with Crippen molar-refractivity contribution < 1.29 is 9.21 Å². The van der Waals surface area contributed by atoms with Crippen LogP contribution in [0.1, 0.15) is 18.4 Å². The van der Waals surface area contributed by atoms with Gasteiger partial charge in [-0.05, 0) is 30.9 Å². The maximum absolute atomic E-state index is 11.5. The van der Waals surface area contributed by atoms with E-state index in [2.05, 4.69) is 11.4 Å². The molecule has 1 aliphatic rings. The number of para-hydroxylation sites is 1. The number of carbonyl (C=O) groups is 1. The van der Waals surface area contributed by atoms with E-state index in [0.29, 0.717) is 6.54 Å². The topological polar surface area (TPSA) is 42.2 Å². The number of carbonyl (C=O) groups excluding carboxylic acids is 1. The Morgan fingerprint density at radius 3 is 3.00 bits per heavy atom. The van der Waals surface area contributed by atoms with Gasteiger partial charge in [-0.2, -0.15) is 0 Å². The summed E-state index contributed by atoms with van der Waals surface area (Å²) in [7, 11) is 0. The van der Waals surface area contributed by atoms with Gasteiger partial charge in [0, 0.05) is 17.8 Å². The minimum Gasteiger partial charge on any atom is -0.464 e. The molecule has 0 radical (unpaired) electrons. The summed E-state index contributed by atoms with van der Waals surface area (Å²) < 4.78 is 5.45. The molecule has 1 aromatic carbocycles. The Bertz CT molecular complexity index is 540. The number of furan rings is 1. The summed E-state index contributed by atoms with van der Waals surface area (Å²) in [5.74, 6) is 0.494. The number of nitrogens with one attached hydrogen (secondary N) is 1. The maximum Gasteiger partial charge on any atom is 0.223 e. The van der Waals surface area contributed by atoms with Gasteiger partial charge >= 0.3 is 0 Å². The average Bonchev–Trinajstić information content (AvgIpc) is 3.12. The van der Waals surface area contributed by atoms with Crippen LogP contribution in [0.4, 0.5) is 0 Å². The van der Waals surface area contributed by atoms with Crippen molar-refractivity contribution in [2.75, 3.05) is 6.54 Å². The van der Waals surface area contributed by atoms with Crippen molar-refractivity contribution in [1.29, 1.82) is 0 Å². The molecule has 1 fully saturated rings. The number of hydrogen-bond donors (Lipinski definition) is 1. The van der Waals surface area contributed by atoms with Crippen LogP contribution < -0.4 is 5.32 Å². The van der Waals surface area contributed by atoms with Crippen molar-refractivity contribution in [3.05, 3.63) is 36.1 Å². The highest BCUT2D eigenvalue weighted by Gasteiger charge is 2.29. The van der Waals surface area contributed by atoms with Crippen LogP contribution in [0.2, 0.25) is 0 Å². The van der Waals surface area contributed by atoms with Gasteiger partial charge < -0.3 is 9.73 Å². The normalized spacial score (nSPS) is 15.1. The van der Waals surface area contributed by atoms with Crippen molar-refractivity contribution in [2.45, 2.75) is 19.3 Å². The highest BCUT2D eigenvalue weighted by atomic mass is 16.3. The van der Waals surface area contributed by atoms with Crippen molar-refractivity contribution in [2.24, 2.45) is 5.92 Å². The molecule has 1 saturated carbocycles. The Morgan fingerprint density at radius 2 is 2.18 bits per heavy atom. The number of amides is 1. The lowest BCUT2D eigenvalue weighted by atomic mass is 10.1. The first kappa shape index (κ1) is 10.4. The molecule has 0 bridgehead atoms. The van der Waals surface area contributed by atoms with Crippen LogP contribution in [0, 0.1) is 5.92 Å². The van der Waals surface area contributed by atoms with E-state index in [1.165, 1.54) is 0 Å². The fourth-order valence-electron chi connectivity index (χ4n) is 2.04. The molecule has 0 saturated heterocycles. The third kappa shape index (κ3) is 2.18. The molecular formula is C14H15NO2. The lowest BCUT2D eigenvalue weighted by molar-refractivity contribution is -0.122. The van der Waals surface area contributed by atoms with Gasteiger partial charge in [0.1, 0.15) is 5.58 Å². The van der Waals surface area contributed by atoms with E-state index >= 15 is 0 Å². The largest absolute Gasteiger partial charge is 0.464 e. The first-order valence-electron chi connectivity index (χ1n) is 6.07. The van der Waals surface area contributed by atoms with Gasteiger partial charge in [-0.3, -0.25) is 4.79 Å². The lowest BCUT2D eigenvalue weighted by Gasteiger charge is -2.02. The fourth-order valence-corrected chi connectivity index (χ4v) is 2.04. The first-order valence-corrected chi connectivity index (χ1v) is 6.07. The second-order valence-corrected chi connectivity index (χ2v) is 4.57. The third-order valence-corrected chi connectivity index (χ3v) is 3.20. The first-order chi connectivity index (χ1) is 8.34. The van der Waals surface area contributed by atoms with E-state index in [-0.39, 0.29) is 11.8 Å². The molecule has 1 aromatic heterocycles. The monoisotopic (exact) mass is 229 g/mol. The molecule has 3 heteroatoms. The van der Waals surface area contributed by atoms with E-state index in [4.69, 9.17) is 4.42 Å². The van der Waals surface area contributed by atoms with Crippen molar-refractivity contribution in [3.63, 3.8) is 0 Å². The summed E-state index contributed by atoms with van der Waals surface area (Å²) in [6.45, 7) is 0.693. The summed E-state index contributed by atoms with van der Waals surface area (Å²) in [4.78, 5) is 11.5. The third-order valence-electron chi connectivity index (χ3n) is 3.20. The quantitative estimate of drug-likeness (QED) is 0.875. The molecule has 1 aliphatic carbocycles. The fraction of sp³-hybridized carbons (Fsp3) is 0.357. The summed E-state index contributed by atoms with van der Waals surface area (Å²) in [6.07, 6.45) is 4.73. The van der Waals surface area contributed by atoms with E-state index in [1.54, 1.807) is 6.26 Å². The van der Waals surface area contributed by atoms with Crippen LogP contribution in [0.5, 0.6) is 0 Å². The van der Waals surface area contributed by atoms with Gasteiger partial charge in [0.15, 0.2) is 0 Å². The van der Waals surface area contributed by atoms with E-state index in [0.717, 1.165) is 35.8 Å². The van der Waals surface area contributed by atoms with Gasteiger partial charge in [0.05, 0.1) is 6.26 Å². The number of rotatable bonds is 4. The van der Waals surface area contributed by atoms with Crippen LogP contribution in [0.25, 0.3) is 11.0 Å². The summed E-state index contributed by atoms with van der Waals surface area (Å²) >= 11 is 0. The van der Waals surface area contributed by atoms with E-state index in [1.807, 2.05) is 18.2 Å². The molecule has 88 valence electrons. The molecule has 3 rings (SSSR count). The molecule has 0 unspecified atom stereocenters. The second-order valence-electron chi connectivity index (χ2n) is 4.57. The zero-order valence-electron chi connectivity index (χ0n) is 9.61. The van der Waals surface area contributed by atoms with Crippen LogP contribution in [0.15, 0.2) is 34.9 Å². The maximum atomic E-state index is 11.5. The minimum atomic E-state index is 0.206. The van der Waals surface area contributed by atoms with Crippen molar-refractivity contribution >= 4 is 16.9 Å². The molecule has 17 heavy (non-hydrogen) atoms. The summed E-state index contributed by atoms with van der Waals surface area (Å²) in [6, 6.07) is 7.98. The molecule has 0 spiro atoms. The van der Waals surface area contributed by atoms with Crippen molar-refractivity contribution in [3.8, 4) is 0 Å². The Balaban J connectivity index is 1.62. The van der Waals surface area contributed by atoms with Crippen molar-refractivity contribution in [1.82, 2.24) is 5.32 Å². The van der Waals surface area contributed by atoms with E-state index < -0.39 is 0 Å². The zero-order chi connectivity index (χ0) is 11.7. The SMILES string of the molecule is O=C(NCCc1coc2ccccc12)C1CC1. The van der Waals surface area contributed by atoms with E-state index in [9.17, 15) is 4.79 Å². The predicted octanol–water partition coefficient (Wildman–Crippen LogP) is 2.50. The Hall–Kier alpha value is -1.77. The molecular weight excluding hydrogens is 214 g/mol. The zero-order valence-corrected chi connectivity index (χ0v) is 9.61. The highest BCUT2D eigenvalue weighted by molar-refractivity contribution is 5.82. The van der Waals surface area contributed by atoms with Gasteiger partial charge in [0.2, 0.25) is 5.91 Å². The highest BCUT2D eigenvalue weighted by Crippen LogP contribution is 2.28. The second kappa shape index (κ2) is 4.24. The standard InChI is InChI=1S/C14H15NO2/c16-14(10-5-6-10)15-8-7-11-9-17-13-4-2-1-3-12(11)13/h1-4,9-10H,5-8H2,(H,15,16). The van der Waals surface area contributed by atoms with Crippen LogP contribution in [0.3, 0.4) is 0 Å². The van der Waals surface area contributed by atoms with Gasteiger partial charge in [-0.15, -0.1) is 0 Å². The van der Waals surface area contributed by atoms with Gasteiger partial charge in [-0.25, -0.2) is 0 Å². The summed E-state index contributed by atoms with van der Waals surface area (Å²) in [5.41, 5.74) is 2.08. The van der Waals surface area contributed by atoms with Gasteiger partial charge in [0.25, 0.3) is 0 Å². The minimum absolute atomic E-state index is 0.206. The molecule has 1 N–H and O–H groups in total. The lowest BCUT2D eigenvalue weighted by Crippen LogP contribution is -2.26. The Labute approximate surface area is 99.8 Å². The molecule has 3 nitrogen and oxygen atoms in total. The van der Waals surface area contributed by atoms with Crippen LogP contribution in [-0.2, 0) is 11.2 Å². The van der Waals surface area contributed by atoms with Gasteiger partial charge in [-0.1, -0.05) is 18.2 Å². The Morgan fingerprint density at radius 1 is 1.35 bits per heavy atom.